The molecule has 3 nitrogen and oxygen atoms in total. The molecule has 1 aromatic carbocycles. The van der Waals surface area contributed by atoms with Crippen LogP contribution in [0.4, 0.5) is 4.39 Å². The summed E-state index contributed by atoms with van der Waals surface area (Å²) in [6.07, 6.45) is 2.92. The number of fused-ring (bicyclic) bond motifs is 1. The first-order chi connectivity index (χ1) is 8.72. The van der Waals surface area contributed by atoms with E-state index in [2.05, 4.69) is 21.7 Å². The zero-order chi connectivity index (χ0) is 12.5. The van der Waals surface area contributed by atoms with E-state index in [4.69, 9.17) is 0 Å². The van der Waals surface area contributed by atoms with Crippen LogP contribution in [0.2, 0.25) is 0 Å². The Kier molecular flexibility index (Phi) is 2.86. The van der Waals surface area contributed by atoms with Crippen molar-refractivity contribution >= 4 is 0 Å². The number of rotatable bonds is 2. The van der Waals surface area contributed by atoms with Crippen molar-refractivity contribution < 1.29 is 4.39 Å². The van der Waals surface area contributed by atoms with Crippen molar-refractivity contribution in [2.75, 3.05) is 0 Å². The van der Waals surface area contributed by atoms with Gasteiger partial charge in [-0.25, -0.2) is 4.39 Å². The molecule has 2 aromatic rings. The molecule has 0 amide bonds. The molecule has 1 aliphatic rings. The molecular weight excluding hydrogens is 229 g/mol. The molecule has 0 radical (unpaired) electrons. The first-order valence-electron chi connectivity index (χ1n) is 6.38. The molecule has 2 heterocycles. The summed E-state index contributed by atoms with van der Waals surface area (Å²) in [7, 11) is 0. The molecule has 18 heavy (non-hydrogen) atoms. The van der Waals surface area contributed by atoms with Crippen molar-refractivity contribution in [2.24, 2.45) is 5.92 Å². The molecule has 0 bridgehead atoms. The molecule has 4 heteroatoms. The predicted molar refractivity (Wildman–Crippen MR) is 66.7 cm³/mol. The smallest absolute Gasteiger partial charge is 0.137 e. The molecule has 0 saturated carbocycles. The third kappa shape index (κ3) is 2.15. The number of aromatic nitrogens is 3. The molecule has 0 fully saturated rings. The van der Waals surface area contributed by atoms with Gasteiger partial charge in [0.15, 0.2) is 0 Å². The summed E-state index contributed by atoms with van der Waals surface area (Å²) in [5, 5.41) is 8.53. The minimum Gasteiger partial charge on any atom is -0.315 e. The first-order valence-corrected chi connectivity index (χ1v) is 6.38. The van der Waals surface area contributed by atoms with Gasteiger partial charge >= 0.3 is 0 Å². The van der Waals surface area contributed by atoms with Gasteiger partial charge in [0.05, 0.1) is 0 Å². The molecule has 0 N–H and O–H groups in total. The standard InChI is InChI=1S/C14H16FN3/c1-10-6-7-18-13(8-10)16-17-14(18)9-11-2-4-12(15)5-3-11/h2-5,10H,6-9H2,1H3. The maximum absolute atomic E-state index is 12.8. The van der Waals surface area contributed by atoms with Gasteiger partial charge < -0.3 is 4.57 Å². The SMILES string of the molecule is CC1CCn2c(Cc3ccc(F)cc3)nnc2C1. The van der Waals surface area contributed by atoms with E-state index in [9.17, 15) is 4.39 Å². The molecular formula is C14H16FN3. The van der Waals surface area contributed by atoms with Gasteiger partial charge in [-0.1, -0.05) is 19.1 Å². The van der Waals surface area contributed by atoms with Crippen LogP contribution in [0.5, 0.6) is 0 Å². The highest BCUT2D eigenvalue weighted by atomic mass is 19.1. The van der Waals surface area contributed by atoms with Gasteiger partial charge in [-0.15, -0.1) is 10.2 Å². The van der Waals surface area contributed by atoms with Crippen LogP contribution in [-0.4, -0.2) is 14.8 Å². The minimum atomic E-state index is -0.198. The number of hydrogen-bond donors (Lipinski definition) is 0. The average Bonchev–Trinajstić information content (AvgIpc) is 2.74. The Bertz CT molecular complexity index is 545. The highest BCUT2D eigenvalue weighted by Crippen LogP contribution is 2.20. The van der Waals surface area contributed by atoms with Crippen molar-refractivity contribution in [1.82, 2.24) is 14.8 Å². The summed E-state index contributed by atoms with van der Waals surface area (Å²) in [4.78, 5) is 0. The Morgan fingerprint density at radius 1 is 1.28 bits per heavy atom. The minimum absolute atomic E-state index is 0.198. The zero-order valence-corrected chi connectivity index (χ0v) is 10.4. The van der Waals surface area contributed by atoms with Gasteiger partial charge in [0, 0.05) is 19.4 Å². The Labute approximate surface area is 106 Å². The first kappa shape index (κ1) is 11.4. The van der Waals surface area contributed by atoms with Crippen molar-refractivity contribution in [1.29, 1.82) is 0 Å². The van der Waals surface area contributed by atoms with E-state index in [0.717, 1.165) is 36.6 Å². The Morgan fingerprint density at radius 3 is 2.83 bits per heavy atom. The van der Waals surface area contributed by atoms with Crippen LogP contribution < -0.4 is 0 Å². The van der Waals surface area contributed by atoms with Crippen LogP contribution in [0.3, 0.4) is 0 Å². The van der Waals surface area contributed by atoms with Gasteiger partial charge in [0.25, 0.3) is 0 Å². The van der Waals surface area contributed by atoms with E-state index in [0.29, 0.717) is 5.92 Å². The molecule has 1 atom stereocenters. The predicted octanol–water partition coefficient (Wildman–Crippen LogP) is 2.59. The molecule has 1 unspecified atom stereocenters. The van der Waals surface area contributed by atoms with Crippen LogP contribution in [0.1, 0.15) is 30.6 Å². The maximum Gasteiger partial charge on any atom is 0.137 e. The second kappa shape index (κ2) is 4.52. The summed E-state index contributed by atoms with van der Waals surface area (Å²) < 4.78 is 15.1. The van der Waals surface area contributed by atoms with E-state index in [1.165, 1.54) is 18.6 Å². The van der Waals surface area contributed by atoms with Crippen LogP contribution in [0, 0.1) is 11.7 Å². The van der Waals surface area contributed by atoms with Gasteiger partial charge in [-0.05, 0) is 30.0 Å². The highest BCUT2D eigenvalue weighted by Gasteiger charge is 2.19. The molecule has 0 aliphatic carbocycles. The Morgan fingerprint density at radius 2 is 2.06 bits per heavy atom. The zero-order valence-electron chi connectivity index (χ0n) is 10.4. The molecule has 1 aliphatic heterocycles. The maximum atomic E-state index is 12.8. The fraction of sp³-hybridized carbons (Fsp3) is 0.429. The fourth-order valence-electron chi connectivity index (χ4n) is 2.46. The molecule has 94 valence electrons. The number of hydrogen-bond acceptors (Lipinski definition) is 2. The molecule has 3 rings (SSSR count). The summed E-state index contributed by atoms with van der Waals surface area (Å²) in [5.41, 5.74) is 1.07. The van der Waals surface area contributed by atoms with Gasteiger partial charge in [-0.2, -0.15) is 0 Å². The molecule has 0 saturated heterocycles. The van der Waals surface area contributed by atoms with Crippen LogP contribution in [0.15, 0.2) is 24.3 Å². The summed E-state index contributed by atoms with van der Waals surface area (Å²) in [5.74, 6) is 2.57. The lowest BCUT2D eigenvalue weighted by molar-refractivity contribution is 0.404. The van der Waals surface area contributed by atoms with E-state index in [1.54, 1.807) is 0 Å². The van der Waals surface area contributed by atoms with Gasteiger partial charge in [0.2, 0.25) is 0 Å². The summed E-state index contributed by atoms with van der Waals surface area (Å²) >= 11 is 0. The Hall–Kier alpha value is -1.71. The van der Waals surface area contributed by atoms with Crippen molar-refractivity contribution in [3.05, 3.63) is 47.3 Å². The Balaban J connectivity index is 1.83. The largest absolute Gasteiger partial charge is 0.315 e. The van der Waals surface area contributed by atoms with Gasteiger partial charge in [-0.3, -0.25) is 0 Å². The van der Waals surface area contributed by atoms with Crippen LogP contribution >= 0.6 is 0 Å². The van der Waals surface area contributed by atoms with Crippen molar-refractivity contribution in [2.45, 2.75) is 32.7 Å². The van der Waals surface area contributed by atoms with E-state index in [-0.39, 0.29) is 5.82 Å². The van der Waals surface area contributed by atoms with Gasteiger partial charge in [0.1, 0.15) is 17.5 Å². The second-order valence-electron chi connectivity index (χ2n) is 5.09. The summed E-state index contributed by atoms with van der Waals surface area (Å²) in [6, 6.07) is 6.60. The number of halogens is 1. The lowest BCUT2D eigenvalue weighted by Gasteiger charge is -2.20. The molecule has 1 aromatic heterocycles. The van der Waals surface area contributed by atoms with Crippen LogP contribution in [0.25, 0.3) is 0 Å². The fourth-order valence-corrected chi connectivity index (χ4v) is 2.46. The quantitative estimate of drug-likeness (QED) is 0.814. The lowest BCUT2D eigenvalue weighted by Crippen LogP contribution is -2.19. The van der Waals surface area contributed by atoms with E-state index < -0.39 is 0 Å². The lowest BCUT2D eigenvalue weighted by atomic mass is 10.00. The van der Waals surface area contributed by atoms with Crippen molar-refractivity contribution in [3.8, 4) is 0 Å². The highest BCUT2D eigenvalue weighted by molar-refractivity contribution is 5.20. The third-order valence-corrected chi connectivity index (χ3v) is 3.56. The van der Waals surface area contributed by atoms with E-state index in [1.807, 2.05) is 12.1 Å². The van der Waals surface area contributed by atoms with E-state index >= 15 is 0 Å². The van der Waals surface area contributed by atoms with Crippen molar-refractivity contribution in [3.63, 3.8) is 0 Å². The third-order valence-electron chi connectivity index (χ3n) is 3.56. The average molecular weight is 245 g/mol. The number of nitrogens with zero attached hydrogens (tertiary/aromatic N) is 3. The normalized spacial score (nSPS) is 18.7. The summed E-state index contributed by atoms with van der Waals surface area (Å²) in [6.45, 7) is 3.25. The topological polar surface area (TPSA) is 30.7 Å². The number of benzene rings is 1. The monoisotopic (exact) mass is 245 g/mol. The van der Waals surface area contributed by atoms with Crippen LogP contribution in [-0.2, 0) is 19.4 Å². The second-order valence-corrected chi connectivity index (χ2v) is 5.09. The molecule has 0 spiro atoms.